The number of amides is 1. The zero-order chi connectivity index (χ0) is 13.8. The summed E-state index contributed by atoms with van der Waals surface area (Å²) < 4.78 is 5.69. The molecule has 106 valence electrons. The summed E-state index contributed by atoms with van der Waals surface area (Å²) in [6, 6.07) is 0. The standard InChI is InChI=1S/C13H21N3O2S/c1-9(12(17)16(2)3)19-13-15-14-11(18-13)10-7-5-4-6-8-10/h9-10H,4-8H2,1-3H3/t9-/m1/s1. The third-order valence-corrected chi connectivity index (χ3v) is 4.36. The van der Waals surface area contributed by atoms with Crippen LogP contribution in [-0.4, -0.2) is 40.3 Å². The number of hydrogen-bond acceptors (Lipinski definition) is 5. The van der Waals surface area contributed by atoms with Crippen molar-refractivity contribution >= 4 is 17.7 Å². The molecule has 1 atom stereocenters. The summed E-state index contributed by atoms with van der Waals surface area (Å²) in [5.41, 5.74) is 0. The molecule has 5 nitrogen and oxygen atoms in total. The Bertz CT molecular complexity index is 427. The zero-order valence-electron chi connectivity index (χ0n) is 11.8. The topological polar surface area (TPSA) is 59.2 Å². The summed E-state index contributed by atoms with van der Waals surface area (Å²) in [7, 11) is 3.50. The van der Waals surface area contributed by atoms with Crippen molar-refractivity contribution < 1.29 is 9.21 Å². The first-order valence-corrected chi connectivity index (χ1v) is 7.67. The summed E-state index contributed by atoms with van der Waals surface area (Å²) in [4.78, 5) is 13.4. The Kier molecular flexibility index (Phi) is 4.85. The Morgan fingerprint density at radius 3 is 2.63 bits per heavy atom. The third-order valence-electron chi connectivity index (χ3n) is 3.44. The molecule has 0 radical (unpaired) electrons. The predicted octanol–water partition coefficient (Wildman–Crippen LogP) is 2.69. The van der Waals surface area contributed by atoms with Crippen LogP contribution in [0.1, 0.15) is 50.8 Å². The number of carbonyl (C=O) groups is 1. The summed E-state index contributed by atoms with van der Waals surface area (Å²) >= 11 is 1.33. The largest absolute Gasteiger partial charge is 0.416 e. The molecule has 0 N–H and O–H groups in total. The molecule has 1 aromatic rings. The first kappa shape index (κ1) is 14.4. The van der Waals surface area contributed by atoms with Crippen molar-refractivity contribution in [2.75, 3.05) is 14.1 Å². The van der Waals surface area contributed by atoms with Gasteiger partial charge in [-0.3, -0.25) is 4.79 Å². The maximum Gasteiger partial charge on any atom is 0.277 e. The molecule has 0 aromatic carbocycles. The molecule has 1 heterocycles. The van der Waals surface area contributed by atoms with Gasteiger partial charge in [-0.2, -0.15) is 0 Å². The quantitative estimate of drug-likeness (QED) is 0.795. The van der Waals surface area contributed by atoms with Crippen LogP contribution in [-0.2, 0) is 4.79 Å². The Balaban J connectivity index is 1.95. The lowest BCUT2D eigenvalue weighted by molar-refractivity contribution is -0.127. The van der Waals surface area contributed by atoms with Gasteiger partial charge in [0.05, 0.1) is 5.25 Å². The van der Waals surface area contributed by atoms with Crippen LogP contribution in [0, 0.1) is 0 Å². The summed E-state index contributed by atoms with van der Waals surface area (Å²) in [5.74, 6) is 1.21. The Morgan fingerprint density at radius 2 is 2.00 bits per heavy atom. The fourth-order valence-electron chi connectivity index (χ4n) is 2.35. The Labute approximate surface area is 118 Å². The van der Waals surface area contributed by atoms with Gasteiger partial charge in [-0.05, 0) is 19.8 Å². The van der Waals surface area contributed by atoms with Gasteiger partial charge in [0.15, 0.2) is 0 Å². The average molecular weight is 283 g/mol. The van der Waals surface area contributed by atoms with E-state index in [1.807, 2.05) is 6.92 Å². The van der Waals surface area contributed by atoms with E-state index >= 15 is 0 Å². The lowest BCUT2D eigenvalue weighted by Gasteiger charge is -2.17. The summed E-state index contributed by atoms with van der Waals surface area (Å²) in [6.07, 6.45) is 6.06. The summed E-state index contributed by atoms with van der Waals surface area (Å²) in [6.45, 7) is 1.86. The van der Waals surface area contributed by atoms with Crippen LogP contribution < -0.4 is 0 Å². The number of hydrogen-bond donors (Lipinski definition) is 0. The second-order valence-corrected chi connectivity index (χ2v) is 6.53. The van der Waals surface area contributed by atoms with E-state index in [1.54, 1.807) is 19.0 Å². The Hall–Kier alpha value is -1.04. The first-order valence-electron chi connectivity index (χ1n) is 6.79. The second-order valence-electron chi connectivity index (χ2n) is 5.23. The molecule has 0 unspecified atom stereocenters. The van der Waals surface area contributed by atoms with E-state index in [2.05, 4.69) is 10.2 Å². The van der Waals surface area contributed by atoms with Crippen molar-refractivity contribution in [1.29, 1.82) is 0 Å². The fraction of sp³-hybridized carbons (Fsp3) is 0.769. The van der Waals surface area contributed by atoms with Crippen LogP contribution in [0.15, 0.2) is 9.64 Å². The summed E-state index contributed by atoms with van der Waals surface area (Å²) in [5, 5.41) is 8.49. The zero-order valence-corrected chi connectivity index (χ0v) is 12.6. The number of aromatic nitrogens is 2. The van der Waals surface area contributed by atoms with Crippen molar-refractivity contribution in [1.82, 2.24) is 15.1 Å². The van der Waals surface area contributed by atoms with Crippen molar-refractivity contribution in [3.05, 3.63) is 5.89 Å². The molecule has 1 fully saturated rings. The fourth-order valence-corrected chi connectivity index (χ4v) is 3.18. The molecule has 6 heteroatoms. The van der Waals surface area contributed by atoms with E-state index in [0.717, 1.165) is 18.7 Å². The van der Waals surface area contributed by atoms with Gasteiger partial charge in [-0.25, -0.2) is 0 Å². The van der Waals surface area contributed by atoms with E-state index in [1.165, 1.54) is 31.0 Å². The van der Waals surface area contributed by atoms with Crippen LogP contribution in [0.2, 0.25) is 0 Å². The Morgan fingerprint density at radius 1 is 1.32 bits per heavy atom. The number of nitrogens with zero attached hydrogens (tertiary/aromatic N) is 3. The minimum atomic E-state index is -0.199. The third kappa shape index (κ3) is 3.72. The average Bonchev–Trinajstić information content (AvgIpc) is 2.87. The highest BCUT2D eigenvalue weighted by Crippen LogP contribution is 2.33. The van der Waals surface area contributed by atoms with Crippen LogP contribution in [0.25, 0.3) is 0 Å². The molecule has 1 aromatic heterocycles. The van der Waals surface area contributed by atoms with Crippen molar-refractivity contribution in [3.63, 3.8) is 0 Å². The van der Waals surface area contributed by atoms with Crippen molar-refractivity contribution in [2.24, 2.45) is 0 Å². The number of thioether (sulfide) groups is 1. The van der Waals surface area contributed by atoms with Crippen LogP contribution in [0.5, 0.6) is 0 Å². The predicted molar refractivity (Wildman–Crippen MR) is 74.1 cm³/mol. The van der Waals surface area contributed by atoms with Gasteiger partial charge >= 0.3 is 0 Å². The van der Waals surface area contributed by atoms with Gasteiger partial charge in [0.2, 0.25) is 11.8 Å². The molecule has 0 saturated heterocycles. The van der Waals surface area contributed by atoms with E-state index in [0.29, 0.717) is 11.1 Å². The van der Waals surface area contributed by atoms with Gasteiger partial charge in [-0.1, -0.05) is 31.0 Å². The molecule has 1 saturated carbocycles. The van der Waals surface area contributed by atoms with Crippen molar-refractivity contribution in [3.8, 4) is 0 Å². The molecule has 0 aliphatic heterocycles. The van der Waals surface area contributed by atoms with Gasteiger partial charge in [0.1, 0.15) is 0 Å². The molecular weight excluding hydrogens is 262 g/mol. The first-order chi connectivity index (χ1) is 9.08. The lowest BCUT2D eigenvalue weighted by atomic mass is 9.89. The smallest absolute Gasteiger partial charge is 0.277 e. The molecule has 19 heavy (non-hydrogen) atoms. The van der Waals surface area contributed by atoms with Crippen LogP contribution >= 0.6 is 11.8 Å². The monoisotopic (exact) mass is 283 g/mol. The highest BCUT2D eigenvalue weighted by Gasteiger charge is 2.23. The van der Waals surface area contributed by atoms with Crippen LogP contribution in [0.4, 0.5) is 0 Å². The van der Waals surface area contributed by atoms with E-state index in [9.17, 15) is 4.79 Å². The van der Waals surface area contributed by atoms with Gasteiger partial charge in [0, 0.05) is 20.0 Å². The van der Waals surface area contributed by atoms with Gasteiger partial charge < -0.3 is 9.32 Å². The highest BCUT2D eigenvalue weighted by atomic mass is 32.2. The van der Waals surface area contributed by atoms with Gasteiger partial charge in [0.25, 0.3) is 5.22 Å². The highest BCUT2D eigenvalue weighted by molar-refractivity contribution is 8.00. The van der Waals surface area contributed by atoms with E-state index in [4.69, 9.17) is 4.42 Å². The minimum Gasteiger partial charge on any atom is -0.416 e. The second kappa shape index (κ2) is 6.41. The molecule has 0 spiro atoms. The lowest BCUT2D eigenvalue weighted by Crippen LogP contribution is -2.29. The normalized spacial score (nSPS) is 18.3. The molecule has 2 rings (SSSR count). The van der Waals surface area contributed by atoms with Crippen LogP contribution in [0.3, 0.4) is 0 Å². The SMILES string of the molecule is C[C@@H](Sc1nnc(C2CCCCC2)o1)C(=O)N(C)C. The van der Waals surface area contributed by atoms with E-state index in [-0.39, 0.29) is 11.2 Å². The van der Waals surface area contributed by atoms with E-state index < -0.39 is 0 Å². The maximum atomic E-state index is 11.8. The number of carbonyl (C=O) groups excluding carboxylic acids is 1. The van der Waals surface area contributed by atoms with Gasteiger partial charge in [-0.15, -0.1) is 10.2 Å². The van der Waals surface area contributed by atoms with Crippen molar-refractivity contribution in [2.45, 2.75) is 55.4 Å². The maximum absolute atomic E-state index is 11.8. The molecule has 1 aliphatic rings. The number of rotatable bonds is 4. The molecule has 0 bridgehead atoms. The molecule has 1 aliphatic carbocycles. The molecule has 1 amide bonds. The molecular formula is C13H21N3O2S. The minimum absolute atomic E-state index is 0.0578.